The third kappa shape index (κ3) is 8.83. The van der Waals surface area contributed by atoms with E-state index in [2.05, 4.69) is 50.9 Å². The van der Waals surface area contributed by atoms with Gasteiger partial charge in [0, 0.05) is 62.1 Å². The number of piperidine rings is 1. The van der Waals surface area contributed by atoms with Crippen LogP contribution >= 0.6 is 11.6 Å². The van der Waals surface area contributed by atoms with Crippen LogP contribution < -0.4 is 4.90 Å². The maximum atomic E-state index is 10.6. The molecule has 0 aliphatic carbocycles. The Balaban J connectivity index is 0.000000505. The first-order valence-electron chi connectivity index (χ1n) is 12.8. The summed E-state index contributed by atoms with van der Waals surface area (Å²) in [5.74, 6) is -1.67. The Labute approximate surface area is 226 Å². The lowest BCUT2D eigenvalue weighted by Gasteiger charge is -2.50. The number of carboxylic acid groups (broad SMARTS) is 1. The summed E-state index contributed by atoms with van der Waals surface area (Å²) in [6.07, 6.45) is -0.159. The molecule has 1 aromatic carbocycles. The average Bonchev–Trinajstić information content (AvgIpc) is 2.87. The summed E-state index contributed by atoms with van der Waals surface area (Å²) in [4.78, 5) is 21.1. The SMILES string of the molecule is CC(O)CN1C[C@H](Cc2ccc(Cl)cc2)N(C2CCN(c3ccccn3)CC2)C[C@@H]1C.O=C(O)C(F)(F)F. The van der Waals surface area contributed by atoms with Crippen LogP contribution in [0.2, 0.25) is 5.02 Å². The van der Waals surface area contributed by atoms with Crippen LogP contribution in [0.4, 0.5) is 19.0 Å². The molecule has 0 spiro atoms. The summed E-state index contributed by atoms with van der Waals surface area (Å²) in [6, 6.07) is 15.9. The van der Waals surface area contributed by atoms with Crippen LogP contribution in [0.3, 0.4) is 0 Å². The maximum absolute atomic E-state index is 10.6. The molecule has 210 valence electrons. The lowest BCUT2D eigenvalue weighted by molar-refractivity contribution is -0.192. The molecule has 1 aromatic heterocycles. The number of aliphatic hydroxyl groups is 1. The van der Waals surface area contributed by atoms with Crippen molar-refractivity contribution in [1.82, 2.24) is 14.8 Å². The molecule has 38 heavy (non-hydrogen) atoms. The van der Waals surface area contributed by atoms with E-state index in [0.717, 1.165) is 62.8 Å². The van der Waals surface area contributed by atoms with E-state index in [1.807, 2.05) is 31.3 Å². The van der Waals surface area contributed by atoms with Crippen LogP contribution in [-0.4, -0.2) is 94.1 Å². The molecule has 0 bridgehead atoms. The first kappa shape index (κ1) is 30.1. The fourth-order valence-corrected chi connectivity index (χ4v) is 5.33. The smallest absolute Gasteiger partial charge is 0.475 e. The van der Waals surface area contributed by atoms with E-state index >= 15 is 0 Å². The van der Waals surface area contributed by atoms with E-state index in [-0.39, 0.29) is 6.10 Å². The van der Waals surface area contributed by atoms with Crippen molar-refractivity contribution >= 4 is 23.4 Å². The Kier molecular flexibility index (Phi) is 10.8. The molecule has 0 amide bonds. The number of aliphatic carboxylic acids is 1. The summed E-state index contributed by atoms with van der Waals surface area (Å²) in [5.41, 5.74) is 1.33. The van der Waals surface area contributed by atoms with Crippen molar-refractivity contribution in [3.05, 3.63) is 59.2 Å². The summed E-state index contributed by atoms with van der Waals surface area (Å²) >= 11 is 6.11. The standard InChI is InChI=1S/C25H35ClN4O.C2HF3O2/c1-19-16-30(23-10-13-28(14-11-23)25-5-3-4-12-27-25)24(18-29(19)17-20(2)31)15-21-6-8-22(26)9-7-21;3-2(4,5)1(6)7/h3-9,12,19-20,23-24,31H,10-11,13-18H2,1-2H3;(H,6,7)/t19-,20?,24-;/m0./s1. The van der Waals surface area contributed by atoms with Crippen LogP contribution in [0.5, 0.6) is 0 Å². The quantitative estimate of drug-likeness (QED) is 0.548. The van der Waals surface area contributed by atoms with Gasteiger partial charge in [0.2, 0.25) is 0 Å². The van der Waals surface area contributed by atoms with Gasteiger partial charge in [-0.1, -0.05) is 29.8 Å². The summed E-state index contributed by atoms with van der Waals surface area (Å²) in [5, 5.41) is 17.9. The molecule has 2 aliphatic rings. The van der Waals surface area contributed by atoms with Gasteiger partial charge in [-0.3, -0.25) is 9.80 Å². The highest BCUT2D eigenvalue weighted by molar-refractivity contribution is 6.30. The minimum atomic E-state index is -5.08. The first-order chi connectivity index (χ1) is 17.9. The van der Waals surface area contributed by atoms with Gasteiger partial charge in [0.05, 0.1) is 6.10 Å². The van der Waals surface area contributed by atoms with E-state index in [1.165, 1.54) is 5.56 Å². The number of hydrogen-bond acceptors (Lipinski definition) is 6. The van der Waals surface area contributed by atoms with Crippen molar-refractivity contribution in [2.75, 3.05) is 37.6 Å². The van der Waals surface area contributed by atoms with Gasteiger partial charge in [-0.2, -0.15) is 13.2 Å². The predicted octanol–water partition coefficient (Wildman–Crippen LogP) is 4.34. The van der Waals surface area contributed by atoms with Crippen molar-refractivity contribution in [1.29, 1.82) is 0 Å². The molecule has 2 aromatic rings. The van der Waals surface area contributed by atoms with Crippen molar-refractivity contribution in [2.24, 2.45) is 0 Å². The monoisotopic (exact) mass is 556 g/mol. The minimum Gasteiger partial charge on any atom is -0.475 e. The van der Waals surface area contributed by atoms with Gasteiger partial charge in [0.15, 0.2) is 0 Å². The second kappa shape index (κ2) is 13.6. The van der Waals surface area contributed by atoms with Crippen LogP contribution in [-0.2, 0) is 11.2 Å². The molecule has 2 saturated heterocycles. The normalized spacial score (nSPS) is 22.4. The number of halogens is 4. The zero-order valence-electron chi connectivity index (χ0n) is 21.7. The number of hydrogen-bond donors (Lipinski definition) is 2. The second-order valence-electron chi connectivity index (χ2n) is 10.0. The van der Waals surface area contributed by atoms with Crippen molar-refractivity contribution in [3.8, 4) is 0 Å². The van der Waals surface area contributed by atoms with E-state index in [1.54, 1.807) is 0 Å². The molecule has 0 radical (unpaired) electrons. The molecule has 7 nitrogen and oxygen atoms in total. The van der Waals surface area contributed by atoms with Gasteiger partial charge in [0.1, 0.15) is 5.82 Å². The average molecular weight is 557 g/mol. The number of anilines is 1. The second-order valence-corrected chi connectivity index (χ2v) is 10.5. The van der Waals surface area contributed by atoms with Crippen molar-refractivity contribution in [3.63, 3.8) is 0 Å². The van der Waals surface area contributed by atoms with Crippen molar-refractivity contribution < 1.29 is 28.2 Å². The molecular formula is C27H36ClF3N4O3. The van der Waals surface area contributed by atoms with Gasteiger partial charge >= 0.3 is 12.1 Å². The number of pyridine rings is 1. The number of nitrogens with zero attached hydrogens (tertiary/aromatic N) is 4. The Morgan fingerprint density at radius 1 is 1.13 bits per heavy atom. The molecule has 2 aliphatic heterocycles. The van der Waals surface area contributed by atoms with E-state index in [4.69, 9.17) is 21.5 Å². The number of rotatable bonds is 6. The predicted molar refractivity (Wildman–Crippen MR) is 142 cm³/mol. The van der Waals surface area contributed by atoms with Gasteiger partial charge in [-0.05, 0) is 62.9 Å². The van der Waals surface area contributed by atoms with Gasteiger partial charge in [-0.15, -0.1) is 0 Å². The number of alkyl halides is 3. The van der Waals surface area contributed by atoms with Crippen molar-refractivity contribution in [2.45, 2.75) is 63.5 Å². The van der Waals surface area contributed by atoms with Gasteiger partial charge in [-0.25, -0.2) is 9.78 Å². The van der Waals surface area contributed by atoms with Crippen LogP contribution in [0.25, 0.3) is 0 Å². The van der Waals surface area contributed by atoms with E-state index in [9.17, 15) is 18.3 Å². The molecule has 3 heterocycles. The highest BCUT2D eigenvalue weighted by Crippen LogP contribution is 2.28. The lowest BCUT2D eigenvalue weighted by Crippen LogP contribution is -2.62. The van der Waals surface area contributed by atoms with Crippen LogP contribution in [0.15, 0.2) is 48.7 Å². The number of β-amino-alcohol motifs (C(OH)–C–C–N with tert-alkyl or cyclic N) is 1. The highest BCUT2D eigenvalue weighted by atomic mass is 35.5. The third-order valence-corrected chi connectivity index (χ3v) is 7.30. The fourth-order valence-electron chi connectivity index (χ4n) is 5.21. The lowest BCUT2D eigenvalue weighted by atomic mass is 9.94. The van der Waals surface area contributed by atoms with Gasteiger partial charge in [0.25, 0.3) is 0 Å². The number of aliphatic hydroxyl groups excluding tert-OH is 1. The summed E-state index contributed by atoms with van der Waals surface area (Å²) in [6.45, 7) is 9.09. The number of benzene rings is 1. The molecule has 2 fully saturated rings. The van der Waals surface area contributed by atoms with Crippen LogP contribution in [0, 0.1) is 0 Å². The highest BCUT2D eigenvalue weighted by Gasteiger charge is 2.38. The largest absolute Gasteiger partial charge is 0.490 e. The number of piperazine rings is 1. The van der Waals surface area contributed by atoms with Crippen LogP contribution in [0.1, 0.15) is 32.3 Å². The Morgan fingerprint density at radius 3 is 2.29 bits per heavy atom. The van der Waals surface area contributed by atoms with Gasteiger partial charge < -0.3 is 15.1 Å². The molecule has 11 heteroatoms. The Morgan fingerprint density at radius 2 is 1.76 bits per heavy atom. The number of carboxylic acids is 1. The Bertz CT molecular complexity index is 1000. The first-order valence-corrected chi connectivity index (χ1v) is 13.2. The third-order valence-electron chi connectivity index (χ3n) is 7.05. The molecule has 2 N–H and O–H groups in total. The molecule has 4 rings (SSSR count). The minimum absolute atomic E-state index is 0.299. The summed E-state index contributed by atoms with van der Waals surface area (Å²) in [7, 11) is 0. The molecular weight excluding hydrogens is 521 g/mol. The number of aromatic nitrogens is 1. The number of carbonyl (C=O) groups is 1. The molecule has 1 unspecified atom stereocenters. The fraction of sp³-hybridized carbons (Fsp3) is 0.556. The zero-order valence-corrected chi connectivity index (χ0v) is 22.4. The molecule has 0 saturated carbocycles. The molecule has 3 atom stereocenters. The topological polar surface area (TPSA) is 80.1 Å². The van der Waals surface area contributed by atoms with E-state index in [0.29, 0.717) is 18.1 Å². The summed E-state index contributed by atoms with van der Waals surface area (Å²) < 4.78 is 31.7. The maximum Gasteiger partial charge on any atom is 0.490 e. The zero-order chi connectivity index (χ0) is 27.9. The van der Waals surface area contributed by atoms with E-state index < -0.39 is 12.1 Å². The Hall–Kier alpha value is -2.40.